The third kappa shape index (κ3) is 2.25. The normalized spacial score (nSPS) is 10.1. The van der Waals surface area contributed by atoms with Crippen LogP contribution in [0.25, 0.3) is 0 Å². The van der Waals surface area contributed by atoms with Gasteiger partial charge in [0.2, 0.25) is 0 Å². The molecule has 2 aromatic rings. The zero-order chi connectivity index (χ0) is 11.4. The molecule has 2 rings (SSSR count). The molecule has 4 nitrogen and oxygen atoms in total. The summed E-state index contributed by atoms with van der Waals surface area (Å²) in [7, 11) is 1.59. The van der Waals surface area contributed by atoms with Crippen molar-refractivity contribution >= 4 is 17.3 Å². The third-order valence-corrected chi connectivity index (χ3v) is 2.69. The van der Waals surface area contributed by atoms with E-state index in [1.165, 1.54) is 11.5 Å². The number of hydrogen-bond acceptors (Lipinski definition) is 5. The molecule has 5 heteroatoms. The SMILES string of the molecule is COc1ccccc1CC(=O)c1csnn1. The Bertz CT molecular complexity index is 482. The summed E-state index contributed by atoms with van der Waals surface area (Å²) >= 11 is 1.18. The Morgan fingerprint density at radius 3 is 2.94 bits per heavy atom. The van der Waals surface area contributed by atoms with Crippen molar-refractivity contribution in [1.82, 2.24) is 9.59 Å². The Morgan fingerprint density at radius 1 is 1.44 bits per heavy atom. The van der Waals surface area contributed by atoms with E-state index < -0.39 is 0 Å². The number of benzene rings is 1. The van der Waals surface area contributed by atoms with Gasteiger partial charge in [-0.1, -0.05) is 22.7 Å². The molecule has 0 aliphatic heterocycles. The van der Waals surface area contributed by atoms with Crippen molar-refractivity contribution < 1.29 is 9.53 Å². The molecule has 0 fully saturated rings. The first kappa shape index (κ1) is 10.8. The average Bonchev–Trinajstić information content (AvgIpc) is 2.83. The van der Waals surface area contributed by atoms with Gasteiger partial charge in [-0.25, -0.2) is 0 Å². The number of ether oxygens (including phenoxy) is 1. The fraction of sp³-hybridized carbons (Fsp3) is 0.182. The lowest BCUT2D eigenvalue weighted by molar-refractivity contribution is 0.0987. The molecule has 1 aromatic heterocycles. The summed E-state index contributed by atoms with van der Waals surface area (Å²) in [6.45, 7) is 0. The molecule has 82 valence electrons. The van der Waals surface area contributed by atoms with Crippen molar-refractivity contribution in [3.8, 4) is 5.75 Å². The third-order valence-electron chi connectivity index (χ3n) is 2.19. The Hall–Kier alpha value is -1.75. The van der Waals surface area contributed by atoms with E-state index in [9.17, 15) is 4.79 Å². The molecule has 0 aliphatic carbocycles. The average molecular weight is 234 g/mol. The second-order valence-electron chi connectivity index (χ2n) is 3.20. The summed E-state index contributed by atoms with van der Waals surface area (Å²) in [4.78, 5) is 11.8. The molecular formula is C11H10N2O2S. The Kier molecular flexibility index (Phi) is 3.26. The molecule has 0 unspecified atom stereocenters. The number of ketones is 1. The maximum absolute atomic E-state index is 11.8. The Balaban J connectivity index is 2.18. The summed E-state index contributed by atoms with van der Waals surface area (Å²) in [5.41, 5.74) is 1.28. The van der Waals surface area contributed by atoms with Gasteiger partial charge in [0.05, 0.1) is 7.11 Å². The highest BCUT2D eigenvalue weighted by Crippen LogP contribution is 2.19. The summed E-state index contributed by atoms with van der Waals surface area (Å²) < 4.78 is 8.84. The van der Waals surface area contributed by atoms with Crippen LogP contribution in [0.3, 0.4) is 0 Å². The van der Waals surface area contributed by atoms with Crippen LogP contribution in [0.5, 0.6) is 5.75 Å². The van der Waals surface area contributed by atoms with Crippen LogP contribution < -0.4 is 4.74 Å². The van der Waals surface area contributed by atoms with Gasteiger partial charge in [-0.3, -0.25) is 4.79 Å². The number of nitrogens with zero attached hydrogens (tertiary/aromatic N) is 2. The predicted molar refractivity (Wildman–Crippen MR) is 60.9 cm³/mol. The minimum atomic E-state index is -0.0433. The maximum atomic E-state index is 11.8. The molecule has 1 aromatic carbocycles. The van der Waals surface area contributed by atoms with Crippen LogP contribution in [0.4, 0.5) is 0 Å². The highest BCUT2D eigenvalue weighted by Gasteiger charge is 2.12. The van der Waals surface area contributed by atoms with Crippen LogP contribution in [0.1, 0.15) is 16.1 Å². The number of carbonyl (C=O) groups is 1. The van der Waals surface area contributed by atoms with E-state index in [0.29, 0.717) is 5.69 Å². The summed E-state index contributed by atoms with van der Waals surface area (Å²) in [5.74, 6) is 0.678. The zero-order valence-corrected chi connectivity index (χ0v) is 9.53. The molecule has 0 atom stereocenters. The van der Waals surface area contributed by atoms with Crippen LogP contribution in [0.2, 0.25) is 0 Å². The van der Waals surface area contributed by atoms with Crippen LogP contribution >= 0.6 is 11.5 Å². The molecule has 16 heavy (non-hydrogen) atoms. The van der Waals surface area contributed by atoms with Crippen LogP contribution in [0, 0.1) is 0 Å². The second-order valence-corrected chi connectivity index (χ2v) is 3.81. The molecular weight excluding hydrogens is 224 g/mol. The van der Waals surface area contributed by atoms with Crippen LogP contribution in [-0.4, -0.2) is 22.5 Å². The predicted octanol–water partition coefficient (Wildman–Crippen LogP) is 1.97. The monoisotopic (exact) mass is 234 g/mol. The summed E-state index contributed by atoms with van der Waals surface area (Å²) in [5, 5.41) is 5.40. The van der Waals surface area contributed by atoms with E-state index >= 15 is 0 Å². The first-order valence-corrected chi connectivity index (χ1v) is 5.57. The van der Waals surface area contributed by atoms with Crippen molar-refractivity contribution in [3.63, 3.8) is 0 Å². The quantitative estimate of drug-likeness (QED) is 0.759. The van der Waals surface area contributed by atoms with Gasteiger partial charge in [0.25, 0.3) is 0 Å². The number of methoxy groups -OCH3 is 1. The van der Waals surface area contributed by atoms with Gasteiger partial charge in [-0.15, -0.1) is 5.10 Å². The first-order valence-electron chi connectivity index (χ1n) is 4.73. The largest absolute Gasteiger partial charge is 0.496 e. The summed E-state index contributed by atoms with van der Waals surface area (Å²) in [6.07, 6.45) is 0.287. The fourth-order valence-electron chi connectivity index (χ4n) is 1.40. The molecule has 0 amide bonds. The van der Waals surface area contributed by atoms with Gasteiger partial charge < -0.3 is 4.74 Å². The summed E-state index contributed by atoms with van der Waals surface area (Å²) in [6, 6.07) is 7.46. The van der Waals surface area contributed by atoms with Crippen molar-refractivity contribution in [3.05, 3.63) is 40.9 Å². The van der Waals surface area contributed by atoms with E-state index in [-0.39, 0.29) is 12.2 Å². The van der Waals surface area contributed by atoms with Gasteiger partial charge in [-0.05, 0) is 17.6 Å². The van der Waals surface area contributed by atoms with Gasteiger partial charge in [0, 0.05) is 17.4 Å². The molecule has 0 radical (unpaired) electrons. The lowest BCUT2D eigenvalue weighted by Gasteiger charge is -2.05. The molecule has 1 heterocycles. The smallest absolute Gasteiger partial charge is 0.188 e. The second kappa shape index (κ2) is 4.85. The molecule has 0 aliphatic rings. The topological polar surface area (TPSA) is 52.1 Å². The highest BCUT2D eigenvalue weighted by atomic mass is 32.1. The number of carbonyl (C=O) groups excluding carboxylic acids is 1. The van der Waals surface area contributed by atoms with Crippen molar-refractivity contribution in [2.24, 2.45) is 0 Å². The zero-order valence-electron chi connectivity index (χ0n) is 8.71. The van der Waals surface area contributed by atoms with Gasteiger partial charge in [0.1, 0.15) is 11.4 Å². The minimum Gasteiger partial charge on any atom is -0.496 e. The van der Waals surface area contributed by atoms with E-state index in [0.717, 1.165) is 11.3 Å². The maximum Gasteiger partial charge on any atom is 0.188 e. The van der Waals surface area contributed by atoms with E-state index in [4.69, 9.17) is 4.74 Å². The fourth-order valence-corrected chi connectivity index (χ4v) is 1.86. The molecule has 0 saturated heterocycles. The molecule has 0 N–H and O–H groups in total. The lowest BCUT2D eigenvalue weighted by Crippen LogP contribution is -2.05. The van der Waals surface area contributed by atoms with Gasteiger partial charge in [-0.2, -0.15) is 0 Å². The van der Waals surface area contributed by atoms with E-state index in [1.54, 1.807) is 12.5 Å². The van der Waals surface area contributed by atoms with Crippen molar-refractivity contribution in [2.75, 3.05) is 7.11 Å². The van der Waals surface area contributed by atoms with Gasteiger partial charge in [0.15, 0.2) is 5.78 Å². The molecule has 0 bridgehead atoms. The van der Waals surface area contributed by atoms with Gasteiger partial charge >= 0.3 is 0 Å². The minimum absolute atomic E-state index is 0.0433. The molecule has 0 spiro atoms. The lowest BCUT2D eigenvalue weighted by atomic mass is 10.1. The standard InChI is InChI=1S/C11H10N2O2S/c1-15-11-5-3-2-4-8(11)6-10(14)9-7-16-13-12-9/h2-5,7H,6H2,1H3. The van der Waals surface area contributed by atoms with Crippen molar-refractivity contribution in [1.29, 1.82) is 0 Å². The highest BCUT2D eigenvalue weighted by molar-refractivity contribution is 7.03. The number of rotatable bonds is 4. The van der Waals surface area contributed by atoms with E-state index in [2.05, 4.69) is 9.59 Å². The van der Waals surface area contributed by atoms with E-state index in [1.807, 2.05) is 24.3 Å². The van der Waals surface area contributed by atoms with Crippen LogP contribution in [0.15, 0.2) is 29.6 Å². The molecule has 0 saturated carbocycles. The number of aromatic nitrogens is 2. The first-order chi connectivity index (χ1) is 7.81. The number of hydrogen-bond donors (Lipinski definition) is 0. The number of para-hydroxylation sites is 1. The van der Waals surface area contributed by atoms with Crippen LogP contribution in [-0.2, 0) is 6.42 Å². The Morgan fingerprint density at radius 2 is 2.25 bits per heavy atom. The number of Topliss-reactive ketones (excluding diaryl/α,β-unsaturated/α-hetero) is 1. The van der Waals surface area contributed by atoms with Crippen molar-refractivity contribution in [2.45, 2.75) is 6.42 Å². The Labute approximate surface area is 97.0 Å².